The van der Waals surface area contributed by atoms with Crippen molar-refractivity contribution in [3.05, 3.63) is 23.1 Å². The first-order valence-electron chi connectivity index (χ1n) is 7.21. The number of pyridine rings is 1. The molecule has 1 fully saturated rings. The number of rotatable bonds is 1. The van der Waals surface area contributed by atoms with Crippen LogP contribution in [0, 0.1) is 5.82 Å². The van der Waals surface area contributed by atoms with Gasteiger partial charge in [-0.2, -0.15) is 0 Å². The largest absolute Gasteiger partial charge is 0.465 e. The van der Waals surface area contributed by atoms with E-state index in [2.05, 4.69) is 4.98 Å². The second-order valence-electron chi connectivity index (χ2n) is 5.65. The molecule has 0 aromatic carbocycles. The van der Waals surface area contributed by atoms with Crippen molar-refractivity contribution in [3.63, 3.8) is 0 Å². The average molecular weight is 294 g/mol. The van der Waals surface area contributed by atoms with Gasteiger partial charge >= 0.3 is 6.09 Å². The highest BCUT2D eigenvalue weighted by molar-refractivity contribution is 5.65. The maximum absolute atomic E-state index is 14.2. The van der Waals surface area contributed by atoms with Crippen molar-refractivity contribution in [3.8, 4) is 0 Å². The van der Waals surface area contributed by atoms with E-state index in [1.165, 1.54) is 11.0 Å². The maximum atomic E-state index is 14.2. The Kier molecular flexibility index (Phi) is 3.67. The van der Waals surface area contributed by atoms with Gasteiger partial charge in [0.15, 0.2) is 0 Å². The lowest BCUT2D eigenvalue weighted by atomic mass is 9.92. The molecule has 1 aromatic heterocycles. The van der Waals surface area contributed by atoms with E-state index < -0.39 is 6.09 Å². The Hall–Kier alpha value is -1.89. The number of amides is 1. The number of aromatic nitrogens is 1. The number of piperazine rings is 1. The first kappa shape index (κ1) is 14.1. The number of hydrogen-bond acceptors (Lipinski definition) is 4. The van der Waals surface area contributed by atoms with Crippen molar-refractivity contribution in [2.45, 2.75) is 25.3 Å². The number of hydrogen-bond donors (Lipinski definition) is 2. The first-order chi connectivity index (χ1) is 10.0. The number of carboxylic acid groups (broad SMARTS) is 1. The predicted octanol–water partition coefficient (Wildman–Crippen LogP) is 0.837. The molecule has 2 aliphatic rings. The summed E-state index contributed by atoms with van der Waals surface area (Å²) in [6.07, 6.45) is 1.17. The fourth-order valence-corrected chi connectivity index (χ4v) is 2.97. The van der Waals surface area contributed by atoms with Gasteiger partial charge in [0.25, 0.3) is 0 Å². The summed E-state index contributed by atoms with van der Waals surface area (Å²) in [6, 6.07) is 1.46. The molecule has 1 amide bonds. The molecular formula is C14H19FN4O2. The van der Waals surface area contributed by atoms with Gasteiger partial charge in [-0.3, -0.25) is 0 Å². The highest BCUT2D eigenvalue weighted by atomic mass is 19.1. The van der Waals surface area contributed by atoms with E-state index in [0.29, 0.717) is 50.4 Å². The van der Waals surface area contributed by atoms with Gasteiger partial charge in [0.2, 0.25) is 0 Å². The van der Waals surface area contributed by atoms with Gasteiger partial charge in [0.1, 0.15) is 11.6 Å². The molecule has 2 heterocycles. The highest BCUT2D eigenvalue weighted by Gasteiger charge is 2.25. The summed E-state index contributed by atoms with van der Waals surface area (Å²) >= 11 is 0. The van der Waals surface area contributed by atoms with Gasteiger partial charge in [0, 0.05) is 49.5 Å². The second-order valence-corrected chi connectivity index (χ2v) is 5.65. The van der Waals surface area contributed by atoms with Crippen LogP contribution in [-0.4, -0.2) is 53.3 Å². The van der Waals surface area contributed by atoms with Crippen molar-refractivity contribution in [2.24, 2.45) is 5.73 Å². The van der Waals surface area contributed by atoms with E-state index in [-0.39, 0.29) is 11.9 Å². The summed E-state index contributed by atoms with van der Waals surface area (Å²) in [5.74, 6) is 0.359. The van der Waals surface area contributed by atoms with Gasteiger partial charge in [-0.15, -0.1) is 0 Å². The maximum Gasteiger partial charge on any atom is 0.407 e. The minimum Gasteiger partial charge on any atom is -0.465 e. The van der Waals surface area contributed by atoms with Crippen molar-refractivity contribution in [2.75, 3.05) is 31.1 Å². The zero-order valence-electron chi connectivity index (χ0n) is 11.8. The molecule has 1 atom stereocenters. The van der Waals surface area contributed by atoms with Crippen LogP contribution in [0.2, 0.25) is 0 Å². The Labute approximate surface area is 122 Å². The lowest BCUT2D eigenvalue weighted by Gasteiger charge is -2.34. The number of halogens is 1. The number of anilines is 1. The smallest absolute Gasteiger partial charge is 0.407 e. The molecule has 0 bridgehead atoms. The number of nitrogens with zero attached hydrogens (tertiary/aromatic N) is 3. The molecule has 1 aromatic rings. The van der Waals surface area contributed by atoms with Crippen LogP contribution in [0.3, 0.4) is 0 Å². The predicted molar refractivity (Wildman–Crippen MR) is 76.0 cm³/mol. The third kappa shape index (κ3) is 2.78. The van der Waals surface area contributed by atoms with Gasteiger partial charge in [-0.1, -0.05) is 0 Å². The van der Waals surface area contributed by atoms with Crippen LogP contribution < -0.4 is 10.6 Å². The minimum absolute atomic E-state index is 0.0127. The Morgan fingerprint density at radius 3 is 2.76 bits per heavy atom. The molecule has 21 heavy (non-hydrogen) atoms. The summed E-state index contributed by atoms with van der Waals surface area (Å²) in [6.45, 7) is 1.91. The Morgan fingerprint density at radius 1 is 1.38 bits per heavy atom. The Bertz CT molecular complexity index is 558. The summed E-state index contributed by atoms with van der Waals surface area (Å²) in [5, 5.41) is 8.94. The van der Waals surface area contributed by atoms with E-state index in [1.807, 2.05) is 4.90 Å². The number of fused-ring (bicyclic) bond motifs is 1. The van der Waals surface area contributed by atoms with Crippen LogP contribution >= 0.6 is 0 Å². The van der Waals surface area contributed by atoms with Crippen LogP contribution in [0.1, 0.15) is 17.7 Å². The highest BCUT2D eigenvalue weighted by Crippen LogP contribution is 2.26. The van der Waals surface area contributed by atoms with Crippen molar-refractivity contribution < 1.29 is 14.3 Å². The summed E-state index contributed by atoms with van der Waals surface area (Å²) in [4.78, 5) is 18.8. The molecule has 0 radical (unpaired) electrons. The molecule has 6 nitrogen and oxygen atoms in total. The topological polar surface area (TPSA) is 82.7 Å². The van der Waals surface area contributed by atoms with Crippen molar-refractivity contribution >= 4 is 11.9 Å². The Balaban J connectivity index is 1.78. The third-order valence-corrected chi connectivity index (χ3v) is 4.23. The standard InChI is InChI=1S/C14H19FN4O2/c15-11-8-13(17-12-2-1-9(16)7-10(11)12)18-3-5-19(6-4-18)14(20)21/h8-9H,1-7,16H2,(H,20,21)/t9-/m0/s1. The van der Waals surface area contributed by atoms with Crippen LogP contribution in [0.5, 0.6) is 0 Å². The van der Waals surface area contributed by atoms with E-state index >= 15 is 0 Å². The molecule has 7 heteroatoms. The van der Waals surface area contributed by atoms with Crippen molar-refractivity contribution in [1.29, 1.82) is 0 Å². The molecule has 0 saturated carbocycles. The molecule has 0 unspecified atom stereocenters. The molecule has 114 valence electrons. The number of aryl methyl sites for hydroxylation is 1. The van der Waals surface area contributed by atoms with E-state index in [9.17, 15) is 9.18 Å². The molecule has 1 aliphatic heterocycles. The Morgan fingerprint density at radius 2 is 2.10 bits per heavy atom. The van der Waals surface area contributed by atoms with E-state index in [0.717, 1.165) is 12.1 Å². The zero-order valence-corrected chi connectivity index (χ0v) is 11.8. The molecule has 1 saturated heterocycles. The second kappa shape index (κ2) is 5.48. The number of nitrogens with two attached hydrogens (primary N) is 1. The summed E-state index contributed by atoms with van der Waals surface area (Å²) < 4.78 is 14.2. The van der Waals surface area contributed by atoms with Gasteiger partial charge < -0.3 is 20.6 Å². The van der Waals surface area contributed by atoms with Gasteiger partial charge in [-0.25, -0.2) is 14.2 Å². The van der Waals surface area contributed by atoms with Gasteiger partial charge in [0.05, 0.1) is 0 Å². The van der Waals surface area contributed by atoms with Gasteiger partial charge in [-0.05, 0) is 19.3 Å². The monoisotopic (exact) mass is 294 g/mol. The van der Waals surface area contributed by atoms with Crippen LogP contribution in [0.15, 0.2) is 6.07 Å². The van der Waals surface area contributed by atoms with Crippen LogP contribution in [0.4, 0.5) is 15.0 Å². The molecular weight excluding hydrogens is 275 g/mol. The molecule has 1 aliphatic carbocycles. The number of carbonyl (C=O) groups is 1. The van der Waals surface area contributed by atoms with E-state index in [1.54, 1.807) is 0 Å². The normalized spacial score (nSPS) is 22.1. The minimum atomic E-state index is -0.909. The third-order valence-electron chi connectivity index (χ3n) is 4.23. The fraction of sp³-hybridized carbons (Fsp3) is 0.571. The van der Waals surface area contributed by atoms with Crippen LogP contribution in [-0.2, 0) is 12.8 Å². The molecule has 3 rings (SSSR count). The fourth-order valence-electron chi connectivity index (χ4n) is 2.97. The summed E-state index contributed by atoms with van der Waals surface area (Å²) in [5.41, 5.74) is 7.32. The SMILES string of the molecule is N[C@H]1CCc2nc(N3CCN(C(=O)O)CC3)cc(F)c2C1. The lowest BCUT2D eigenvalue weighted by Crippen LogP contribution is -2.48. The molecule has 3 N–H and O–H groups in total. The lowest BCUT2D eigenvalue weighted by molar-refractivity contribution is 0.142. The average Bonchev–Trinajstić information content (AvgIpc) is 2.48. The van der Waals surface area contributed by atoms with Crippen LogP contribution in [0.25, 0.3) is 0 Å². The molecule has 0 spiro atoms. The quantitative estimate of drug-likeness (QED) is 0.802. The zero-order chi connectivity index (χ0) is 15.0. The van der Waals surface area contributed by atoms with E-state index in [4.69, 9.17) is 10.8 Å². The first-order valence-corrected chi connectivity index (χ1v) is 7.21. The van der Waals surface area contributed by atoms with Crippen molar-refractivity contribution in [1.82, 2.24) is 9.88 Å². The summed E-state index contributed by atoms with van der Waals surface area (Å²) in [7, 11) is 0.